The van der Waals surface area contributed by atoms with Gasteiger partial charge in [-0.3, -0.25) is 0 Å². The summed E-state index contributed by atoms with van der Waals surface area (Å²) < 4.78 is 33.6. The molecule has 1 aliphatic carbocycles. The van der Waals surface area contributed by atoms with Gasteiger partial charge in [-0.2, -0.15) is 0 Å². The van der Waals surface area contributed by atoms with Gasteiger partial charge in [-0.05, 0) is 41.8 Å². The summed E-state index contributed by atoms with van der Waals surface area (Å²) in [5.41, 5.74) is 4.74. The number of nitrogens with two attached hydrogens (primary N) is 1. The third-order valence-corrected chi connectivity index (χ3v) is 6.28. The molecule has 7 heteroatoms. The minimum Gasteiger partial charge on any atom is -0.459 e. The van der Waals surface area contributed by atoms with Crippen LogP contribution in [0.2, 0.25) is 0 Å². The van der Waals surface area contributed by atoms with E-state index in [0.717, 1.165) is 9.35 Å². The Morgan fingerprint density at radius 3 is 2.57 bits per heavy atom. The van der Waals surface area contributed by atoms with E-state index in [0.29, 0.717) is 19.3 Å². The second-order valence-electron chi connectivity index (χ2n) is 6.17. The predicted molar refractivity (Wildman–Crippen MR) is 82.8 cm³/mol. The molecule has 3 rings (SSSR count). The Kier molecular flexibility index (Phi) is 3.56. The number of rotatable bonds is 1. The van der Waals surface area contributed by atoms with Crippen molar-refractivity contribution in [3.63, 3.8) is 0 Å². The van der Waals surface area contributed by atoms with E-state index in [1.54, 1.807) is 11.3 Å². The molecule has 21 heavy (non-hydrogen) atoms. The van der Waals surface area contributed by atoms with E-state index in [1.807, 2.05) is 18.4 Å². The number of aliphatic imine (C=N–C) groups is 1. The molecule has 0 bridgehead atoms. The van der Waals surface area contributed by atoms with Crippen LogP contribution in [0.25, 0.3) is 0 Å². The highest BCUT2D eigenvalue weighted by Gasteiger charge is 2.51. The van der Waals surface area contributed by atoms with Gasteiger partial charge in [0, 0.05) is 34.0 Å². The van der Waals surface area contributed by atoms with Crippen LogP contribution in [0, 0.1) is 0 Å². The number of nitrogens with zero attached hydrogens (tertiary/aromatic N) is 1. The Morgan fingerprint density at radius 2 is 2.00 bits per heavy atom. The molecular formula is C14H17BrF2N2OS. The standard InChI is InChI=1S/C14H17BrF2N2OS/c1-12(10-6-9(15)7-21-10)8-13(20-11(18)19-12)2-4-14(16,17)5-3-13/h6-7H,2-5,8H2,1H3,(H2,18,19)/t12-/m0/s1. The summed E-state index contributed by atoms with van der Waals surface area (Å²) in [5.74, 6) is -2.58. The number of alkyl halides is 2. The molecule has 1 aromatic rings. The molecule has 1 atom stereocenters. The molecule has 1 fully saturated rings. The number of hydrogen-bond acceptors (Lipinski definition) is 4. The average Bonchev–Trinajstić information content (AvgIpc) is 2.80. The Hall–Kier alpha value is -0.690. The van der Waals surface area contributed by atoms with Gasteiger partial charge in [0.1, 0.15) is 11.1 Å². The van der Waals surface area contributed by atoms with Crippen LogP contribution >= 0.6 is 27.3 Å². The smallest absolute Gasteiger partial charge is 0.283 e. The number of thiophene rings is 1. The zero-order chi connectivity index (χ0) is 15.3. The highest BCUT2D eigenvalue weighted by molar-refractivity contribution is 9.10. The quantitative estimate of drug-likeness (QED) is 0.786. The van der Waals surface area contributed by atoms with Gasteiger partial charge in [-0.25, -0.2) is 13.8 Å². The summed E-state index contributed by atoms with van der Waals surface area (Å²) in [7, 11) is 0. The third-order valence-electron chi connectivity index (χ3n) is 4.34. The van der Waals surface area contributed by atoms with Crippen molar-refractivity contribution >= 4 is 33.3 Å². The number of amidine groups is 1. The van der Waals surface area contributed by atoms with Crippen LogP contribution in [0.1, 0.15) is 43.9 Å². The Labute approximate surface area is 134 Å². The van der Waals surface area contributed by atoms with Crippen molar-refractivity contribution in [2.75, 3.05) is 0 Å². The van der Waals surface area contributed by atoms with Gasteiger partial charge >= 0.3 is 0 Å². The molecule has 0 aromatic carbocycles. The fourth-order valence-electron chi connectivity index (χ4n) is 3.28. The Morgan fingerprint density at radius 1 is 1.33 bits per heavy atom. The zero-order valence-corrected chi connectivity index (χ0v) is 14.1. The van der Waals surface area contributed by atoms with E-state index < -0.39 is 17.1 Å². The summed E-state index contributed by atoms with van der Waals surface area (Å²) in [6, 6.07) is 2.12. The van der Waals surface area contributed by atoms with E-state index in [-0.39, 0.29) is 18.9 Å². The molecule has 0 radical (unpaired) electrons. The second-order valence-corrected chi connectivity index (χ2v) is 8.00. The summed E-state index contributed by atoms with van der Waals surface area (Å²) in [5, 5.41) is 1.99. The molecule has 2 N–H and O–H groups in total. The van der Waals surface area contributed by atoms with E-state index in [4.69, 9.17) is 10.5 Å². The maximum absolute atomic E-state index is 13.4. The lowest BCUT2D eigenvalue weighted by atomic mass is 9.74. The van der Waals surface area contributed by atoms with Crippen LogP contribution in [-0.4, -0.2) is 17.5 Å². The maximum Gasteiger partial charge on any atom is 0.283 e. The second kappa shape index (κ2) is 4.91. The first-order valence-corrected chi connectivity index (χ1v) is 8.56. The molecule has 3 nitrogen and oxygen atoms in total. The van der Waals surface area contributed by atoms with Crippen LogP contribution in [0.4, 0.5) is 8.78 Å². The molecule has 1 saturated carbocycles. The zero-order valence-electron chi connectivity index (χ0n) is 11.7. The summed E-state index contributed by atoms with van der Waals surface area (Å²) in [6.45, 7) is 2.00. The topological polar surface area (TPSA) is 47.6 Å². The molecule has 0 saturated heterocycles. The van der Waals surface area contributed by atoms with Crippen LogP contribution in [0.3, 0.4) is 0 Å². The van der Waals surface area contributed by atoms with E-state index in [1.165, 1.54) is 0 Å². The number of hydrogen-bond donors (Lipinski definition) is 1. The number of ether oxygens (including phenoxy) is 1. The van der Waals surface area contributed by atoms with Gasteiger partial charge in [-0.1, -0.05) is 0 Å². The fourth-order valence-corrected chi connectivity index (χ4v) is 4.81. The van der Waals surface area contributed by atoms with Crippen molar-refractivity contribution in [1.82, 2.24) is 0 Å². The molecule has 0 unspecified atom stereocenters. The average molecular weight is 379 g/mol. The normalized spacial score (nSPS) is 30.8. The van der Waals surface area contributed by atoms with Crippen LogP contribution in [0.5, 0.6) is 0 Å². The minimum atomic E-state index is -2.58. The van der Waals surface area contributed by atoms with Crippen LogP contribution in [0.15, 0.2) is 20.9 Å². The Balaban J connectivity index is 1.90. The SMILES string of the molecule is C[C@@]1(c2cc(Br)cs2)CC2(CCC(F)(F)CC2)OC(N)=N1. The monoisotopic (exact) mass is 378 g/mol. The van der Waals surface area contributed by atoms with Crippen LogP contribution in [-0.2, 0) is 10.3 Å². The molecule has 1 aliphatic heterocycles. The predicted octanol–water partition coefficient (Wildman–Crippen LogP) is 4.41. The largest absolute Gasteiger partial charge is 0.459 e. The molecular weight excluding hydrogens is 362 g/mol. The van der Waals surface area contributed by atoms with Gasteiger partial charge in [0.05, 0.1) is 0 Å². The van der Waals surface area contributed by atoms with E-state index >= 15 is 0 Å². The van der Waals surface area contributed by atoms with Gasteiger partial charge in [0.2, 0.25) is 5.92 Å². The molecule has 0 amide bonds. The van der Waals surface area contributed by atoms with E-state index in [2.05, 4.69) is 20.9 Å². The van der Waals surface area contributed by atoms with Crippen LogP contribution < -0.4 is 5.73 Å². The maximum atomic E-state index is 13.4. The Bertz CT molecular complexity index is 579. The van der Waals surface area contributed by atoms with Crippen molar-refractivity contribution in [2.24, 2.45) is 10.7 Å². The molecule has 1 spiro atoms. The lowest BCUT2D eigenvalue weighted by Gasteiger charge is -2.46. The summed E-state index contributed by atoms with van der Waals surface area (Å²) >= 11 is 5.03. The van der Waals surface area contributed by atoms with Crippen molar-refractivity contribution in [1.29, 1.82) is 0 Å². The highest BCUT2D eigenvalue weighted by Crippen LogP contribution is 2.50. The van der Waals surface area contributed by atoms with Crippen molar-refractivity contribution in [3.8, 4) is 0 Å². The third kappa shape index (κ3) is 2.95. The first-order valence-electron chi connectivity index (χ1n) is 6.89. The molecule has 116 valence electrons. The first-order chi connectivity index (χ1) is 9.72. The molecule has 1 aromatic heterocycles. The van der Waals surface area contributed by atoms with Crippen molar-refractivity contribution in [2.45, 2.75) is 56.1 Å². The highest BCUT2D eigenvalue weighted by atomic mass is 79.9. The van der Waals surface area contributed by atoms with E-state index in [9.17, 15) is 8.78 Å². The minimum absolute atomic E-state index is 0.110. The lowest BCUT2D eigenvalue weighted by Crippen LogP contribution is -2.51. The first kappa shape index (κ1) is 15.2. The molecule has 2 aliphatic rings. The van der Waals surface area contributed by atoms with Crippen molar-refractivity contribution < 1.29 is 13.5 Å². The molecule has 2 heterocycles. The van der Waals surface area contributed by atoms with Gasteiger partial charge < -0.3 is 10.5 Å². The summed E-state index contributed by atoms with van der Waals surface area (Å²) in [4.78, 5) is 5.52. The van der Waals surface area contributed by atoms with Gasteiger partial charge in [0.25, 0.3) is 6.02 Å². The van der Waals surface area contributed by atoms with Gasteiger partial charge in [-0.15, -0.1) is 11.3 Å². The summed E-state index contributed by atoms with van der Waals surface area (Å²) in [6.07, 6.45) is 0.926. The van der Waals surface area contributed by atoms with Crippen molar-refractivity contribution in [3.05, 3.63) is 20.8 Å². The van der Waals surface area contributed by atoms with Gasteiger partial charge in [0.15, 0.2) is 0 Å². The number of halogens is 3. The lowest BCUT2D eigenvalue weighted by molar-refractivity contribution is -0.112. The fraction of sp³-hybridized carbons (Fsp3) is 0.643.